The molecule has 2 rings (SSSR count). The number of carbonyl (C=O) groups excluding carboxylic acids is 2. The number of piperidine rings is 1. The number of likely N-dealkylation sites (tertiary alicyclic amines) is 1. The van der Waals surface area contributed by atoms with E-state index in [2.05, 4.69) is 0 Å². The normalized spacial score (nSPS) is 24.9. The highest BCUT2D eigenvalue weighted by molar-refractivity contribution is 5.85. The Hall–Kier alpha value is -1.10. The fourth-order valence-corrected chi connectivity index (χ4v) is 2.37. The van der Waals surface area contributed by atoms with Crippen LogP contribution in [0.25, 0.3) is 0 Å². The summed E-state index contributed by atoms with van der Waals surface area (Å²) in [5.41, 5.74) is 5.83. The first-order valence-corrected chi connectivity index (χ1v) is 6.44. The van der Waals surface area contributed by atoms with Gasteiger partial charge in [-0.2, -0.15) is 0 Å². The third kappa shape index (κ3) is 2.97. The third-order valence-electron chi connectivity index (χ3n) is 3.51. The van der Waals surface area contributed by atoms with Gasteiger partial charge in [-0.3, -0.25) is 9.59 Å². The molecule has 96 valence electrons. The maximum absolute atomic E-state index is 12.1. The molecule has 1 unspecified atom stereocenters. The minimum atomic E-state index is 0.0245. The summed E-state index contributed by atoms with van der Waals surface area (Å²) >= 11 is 0. The van der Waals surface area contributed by atoms with Gasteiger partial charge in [0.2, 0.25) is 11.8 Å². The summed E-state index contributed by atoms with van der Waals surface area (Å²) < 4.78 is 0. The lowest BCUT2D eigenvalue weighted by Crippen LogP contribution is -2.50. The molecule has 0 aromatic heterocycles. The van der Waals surface area contributed by atoms with Crippen molar-refractivity contribution in [2.45, 2.75) is 44.7 Å². The van der Waals surface area contributed by atoms with E-state index in [9.17, 15) is 9.59 Å². The van der Waals surface area contributed by atoms with Crippen LogP contribution in [0.1, 0.15) is 32.6 Å². The Labute approximate surface area is 102 Å². The Morgan fingerprint density at radius 2 is 2.18 bits per heavy atom. The number of amides is 2. The average Bonchev–Trinajstić information content (AvgIpc) is 3.09. The Kier molecular flexibility index (Phi) is 3.66. The van der Waals surface area contributed by atoms with E-state index in [1.807, 2.05) is 11.8 Å². The number of nitrogens with two attached hydrogens (primary N) is 1. The van der Waals surface area contributed by atoms with Gasteiger partial charge in [-0.15, -0.1) is 0 Å². The lowest BCUT2D eigenvalue weighted by molar-refractivity contribution is -0.142. The first-order chi connectivity index (χ1) is 8.11. The molecule has 1 heterocycles. The molecule has 0 radical (unpaired) electrons. The number of hydrogen-bond donors (Lipinski definition) is 1. The van der Waals surface area contributed by atoms with Crippen molar-refractivity contribution in [1.29, 1.82) is 0 Å². The summed E-state index contributed by atoms with van der Waals surface area (Å²) in [5.74, 6) is 0.129. The molecule has 17 heavy (non-hydrogen) atoms. The molecule has 5 nitrogen and oxygen atoms in total. The highest BCUT2D eigenvalue weighted by Crippen LogP contribution is 2.26. The van der Waals surface area contributed by atoms with Crippen LogP contribution in [0.3, 0.4) is 0 Å². The van der Waals surface area contributed by atoms with Gasteiger partial charge in [0.1, 0.15) is 0 Å². The first kappa shape index (κ1) is 12.4. The number of hydrogen-bond acceptors (Lipinski definition) is 3. The van der Waals surface area contributed by atoms with Crippen molar-refractivity contribution in [3.8, 4) is 0 Å². The fourth-order valence-electron chi connectivity index (χ4n) is 2.37. The zero-order chi connectivity index (χ0) is 12.4. The van der Waals surface area contributed by atoms with Gasteiger partial charge in [0, 0.05) is 31.6 Å². The van der Waals surface area contributed by atoms with E-state index in [0.717, 1.165) is 25.8 Å². The molecule has 1 atom stereocenters. The van der Waals surface area contributed by atoms with Crippen LogP contribution in [0, 0.1) is 0 Å². The topological polar surface area (TPSA) is 66.6 Å². The van der Waals surface area contributed by atoms with E-state index < -0.39 is 0 Å². The molecule has 1 saturated heterocycles. The minimum Gasteiger partial charge on any atom is -0.338 e. The van der Waals surface area contributed by atoms with Crippen molar-refractivity contribution < 1.29 is 9.59 Å². The molecule has 2 aliphatic rings. The van der Waals surface area contributed by atoms with E-state index in [-0.39, 0.29) is 24.4 Å². The standard InChI is InChI=1S/C12H21N3O2/c1-2-15(10-4-5-10)12(17)8-14-7-9(13)3-6-11(14)16/h9-10H,2-8,13H2,1H3. The van der Waals surface area contributed by atoms with Gasteiger partial charge in [0.05, 0.1) is 6.54 Å². The maximum Gasteiger partial charge on any atom is 0.242 e. The first-order valence-electron chi connectivity index (χ1n) is 6.44. The van der Waals surface area contributed by atoms with E-state index >= 15 is 0 Å². The van der Waals surface area contributed by atoms with Gasteiger partial charge in [-0.1, -0.05) is 0 Å². The lowest BCUT2D eigenvalue weighted by atomic mass is 10.1. The Bertz CT molecular complexity index is 315. The molecule has 1 aliphatic carbocycles. The predicted octanol–water partition coefficient (Wildman–Crippen LogP) is -0.0530. The van der Waals surface area contributed by atoms with E-state index in [4.69, 9.17) is 5.73 Å². The molecule has 2 amide bonds. The Morgan fingerprint density at radius 3 is 2.76 bits per heavy atom. The second-order valence-corrected chi connectivity index (χ2v) is 4.98. The largest absolute Gasteiger partial charge is 0.338 e. The minimum absolute atomic E-state index is 0.0245. The Balaban J connectivity index is 1.90. The van der Waals surface area contributed by atoms with Crippen LogP contribution in [-0.2, 0) is 9.59 Å². The maximum atomic E-state index is 12.1. The van der Waals surface area contributed by atoms with Crippen LogP contribution in [0.5, 0.6) is 0 Å². The summed E-state index contributed by atoms with van der Waals surface area (Å²) in [5, 5.41) is 0. The van der Waals surface area contributed by atoms with Crippen LogP contribution >= 0.6 is 0 Å². The molecule has 0 aromatic rings. The summed E-state index contributed by atoms with van der Waals surface area (Å²) in [7, 11) is 0. The quantitative estimate of drug-likeness (QED) is 0.748. The summed E-state index contributed by atoms with van der Waals surface area (Å²) in [6, 6.07) is 0.442. The van der Waals surface area contributed by atoms with Crippen molar-refractivity contribution in [3.05, 3.63) is 0 Å². The molecule has 1 aliphatic heterocycles. The average molecular weight is 239 g/mol. The lowest BCUT2D eigenvalue weighted by Gasteiger charge is -2.32. The molecule has 0 spiro atoms. The summed E-state index contributed by atoms with van der Waals surface area (Å²) in [6.45, 7) is 3.45. The summed E-state index contributed by atoms with van der Waals surface area (Å²) in [4.78, 5) is 27.2. The highest BCUT2D eigenvalue weighted by atomic mass is 16.2. The zero-order valence-electron chi connectivity index (χ0n) is 10.4. The van der Waals surface area contributed by atoms with Gasteiger partial charge in [0.25, 0.3) is 0 Å². The molecule has 2 fully saturated rings. The second-order valence-electron chi connectivity index (χ2n) is 4.98. The SMILES string of the molecule is CCN(C(=O)CN1CC(N)CCC1=O)C1CC1. The van der Waals surface area contributed by atoms with Gasteiger partial charge < -0.3 is 15.5 Å². The number of rotatable bonds is 4. The van der Waals surface area contributed by atoms with Crippen LogP contribution in [0.4, 0.5) is 0 Å². The molecule has 2 N–H and O–H groups in total. The zero-order valence-corrected chi connectivity index (χ0v) is 10.4. The number of nitrogens with zero attached hydrogens (tertiary/aromatic N) is 2. The summed E-state index contributed by atoms with van der Waals surface area (Å²) in [6.07, 6.45) is 3.42. The van der Waals surface area contributed by atoms with Crippen LogP contribution in [0.15, 0.2) is 0 Å². The van der Waals surface area contributed by atoms with Crippen molar-refractivity contribution >= 4 is 11.8 Å². The van der Waals surface area contributed by atoms with Crippen molar-refractivity contribution in [2.75, 3.05) is 19.6 Å². The van der Waals surface area contributed by atoms with Gasteiger partial charge in [-0.25, -0.2) is 0 Å². The van der Waals surface area contributed by atoms with Crippen molar-refractivity contribution in [3.63, 3.8) is 0 Å². The van der Waals surface area contributed by atoms with E-state index in [1.54, 1.807) is 4.90 Å². The third-order valence-corrected chi connectivity index (χ3v) is 3.51. The van der Waals surface area contributed by atoms with E-state index in [0.29, 0.717) is 19.0 Å². The Morgan fingerprint density at radius 1 is 1.47 bits per heavy atom. The smallest absolute Gasteiger partial charge is 0.242 e. The van der Waals surface area contributed by atoms with Gasteiger partial charge in [0.15, 0.2) is 0 Å². The van der Waals surface area contributed by atoms with Gasteiger partial charge >= 0.3 is 0 Å². The molecule has 0 aromatic carbocycles. The second kappa shape index (κ2) is 5.04. The van der Waals surface area contributed by atoms with Crippen LogP contribution < -0.4 is 5.73 Å². The molecular formula is C12H21N3O2. The van der Waals surface area contributed by atoms with Crippen LogP contribution in [-0.4, -0.2) is 53.3 Å². The monoisotopic (exact) mass is 239 g/mol. The highest BCUT2D eigenvalue weighted by Gasteiger charge is 2.33. The van der Waals surface area contributed by atoms with Crippen molar-refractivity contribution in [2.24, 2.45) is 5.73 Å². The van der Waals surface area contributed by atoms with Gasteiger partial charge in [-0.05, 0) is 26.2 Å². The van der Waals surface area contributed by atoms with E-state index in [1.165, 1.54) is 0 Å². The molecule has 5 heteroatoms. The van der Waals surface area contributed by atoms with Crippen molar-refractivity contribution in [1.82, 2.24) is 9.80 Å². The molecular weight excluding hydrogens is 218 g/mol. The molecule has 1 saturated carbocycles. The number of likely N-dealkylation sites (N-methyl/N-ethyl adjacent to an activating group) is 1. The molecule has 0 bridgehead atoms. The predicted molar refractivity (Wildman–Crippen MR) is 64.2 cm³/mol. The fraction of sp³-hybridized carbons (Fsp3) is 0.833. The van der Waals surface area contributed by atoms with Crippen LogP contribution in [0.2, 0.25) is 0 Å². The number of carbonyl (C=O) groups is 2.